The van der Waals surface area contributed by atoms with Crippen molar-refractivity contribution in [3.63, 3.8) is 0 Å². The van der Waals surface area contributed by atoms with Crippen LogP contribution in [0.2, 0.25) is 0 Å². The lowest BCUT2D eigenvalue weighted by molar-refractivity contribution is 0.0179. The smallest absolute Gasteiger partial charge is 0.191 e. The number of rotatable bonds is 9. The van der Waals surface area contributed by atoms with E-state index in [4.69, 9.17) is 14.5 Å². The third kappa shape index (κ3) is 8.66. The van der Waals surface area contributed by atoms with Gasteiger partial charge in [-0.1, -0.05) is 30.3 Å². The van der Waals surface area contributed by atoms with Gasteiger partial charge in [0.2, 0.25) is 0 Å². The second-order valence-electron chi connectivity index (χ2n) is 7.53. The monoisotopic (exact) mass is 531 g/mol. The van der Waals surface area contributed by atoms with E-state index in [1.54, 1.807) is 0 Å². The molecule has 2 saturated heterocycles. The highest BCUT2D eigenvalue weighted by Gasteiger charge is 2.22. The number of hydrogen-bond donors (Lipinski definition) is 2. The maximum Gasteiger partial charge on any atom is 0.191 e. The molecule has 1 aromatic carbocycles. The summed E-state index contributed by atoms with van der Waals surface area (Å²) in [7, 11) is 0. The van der Waals surface area contributed by atoms with Crippen LogP contribution in [-0.4, -0.2) is 94.5 Å². The first-order valence-electron chi connectivity index (χ1n) is 11.1. The van der Waals surface area contributed by atoms with Gasteiger partial charge in [-0.05, 0) is 25.5 Å². The summed E-state index contributed by atoms with van der Waals surface area (Å²) < 4.78 is 11.0. The number of aliphatic imine (C=N–C) groups is 1. The van der Waals surface area contributed by atoms with E-state index >= 15 is 0 Å². The SMILES string of the molecule is CCNC(=NCC(c1ccccc1)N1CCOCC1)NCCCN1CCOCC1.I. The third-order valence-electron chi connectivity index (χ3n) is 5.48. The molecule has 170 valence electrons. The molecule has 2 heterocycles. The minimum Gasteiger partial charge on any atom is -0.379 e. The van der Waals surface area contributed by atoms with Gasteiger partial charge in [-0.2, -0.15) is 0 Å². The van der Waals surface area contributed by atoms with Crippen LogP contribution in [0.15, 0.2) is 35.3 Å². The molecule has 8 heteroatoms. The predicted molar refractivity (Wildman–Crippen MR) is 133 cm³/mol. The molecule has 0 saturated carbocycles. The summed E-state index contributed by atoms with van der Waals surface area (Å²) in [5.74, 6) is 0.906. The fourth-order valence-electron chi connectivity index (χ4n) is 3.85. The first-order valence-corrected chi connectivity index (χ1v) is 11.1. The summed E-state index contributed by atoms with van der Waals surface area (Å²) in [5.41, 5.74) is 1.32. The molecule has 2 fully saturated rings. The molecule has 0 aromatic heterocycles. The van der Waals surface area contributed by atoms with Crippen LogP contribution in [0.3, 0.4) is 0 Å². The van der Waals surface area contributed by atoms with E-state index in [0.29, 0.717) is 0 Å². The van der Waals surface area contributed by atoms with Crippen molar-refractivity contribution in [2.24, 2.45) is 4.99 Å². The zero-order valence-corrected chi connectivity index (χ0v) is 20.6. The van der Waals surface area contributed by atoms with Gasteiger partial charge in [0.15, 0.2) is 5.96 Å². The summed E-state index contributed by atoms with van der Waals surface area (Å²) in [5, 5.41) is 6.90. The van der Waals surface area contributed by atoms with E-state index in [-0.39, 0.29) is 30.0 Å². The van der Waals surface area contributed by atoms with Crippen LogP contribution in [0.1, 0.15) is 24.9 Å². The highest BCUT2D eigenvalue weighted by Crippen LogP contribution is 2.22. The van der Waals surface area contributed by atoms with Crippen molar-refractivity contribution in [2.45, 2.75) is 19.4 Å². The summed E-state index contributed by atoms with van der Waals surface area (Å²) in [4.78, 5) is 9.89. The van der Waals surface area contributed by atoms with Crippen LogP contribution in [0, 0.1) is 0 Å². The number of benzene rings is 1. The average Bonchev–Trinajstić information content (AvgIpc) is 2.79. The van der Waals surface area contributed by atoms with Gasteiger partial charge in [0.25, 0.3) is 0 Å². The molecule has 0 spiro atoms. The van der Waals surface area contributed by atoms with Gasteiger partial charge in [0.05, 0.1) is 39.0 Å². The lowest BCUT2D eigenvalue weighted by Crippen LogP contribution is -2.42. The van der Waals surface area contributed by atoms with E-state index in [0.717, 1.165) is 91.2 Å². The Kier molecular flexibility index (Phi) is 12.6. The van der Waals surface area contributed by atoms with Crippen molar-refractivity contribution >= 4 is 29.9 Å². The van der Waals surface area contributed by atoms with Gasteiger partial charge >= 0.3 is 0 Å². The number of nitrogens with one attached hydrogen (secondary N) is 2. The Labute approximate surface area is 198 Å². The predicted octanol–water partition coefficient (Wildman–Crippen LogP) is 1.96. The first-order chi connectivity index (χ1) is 14.4. The molecule has 7 nitrogen and oxygen atoms in total. The molecule has 30 heavy (non-hydrogen) atoms. The van der Waals surface area contributed by atoms with E-state index in [1.165, 1.54) is 5.56 Å². The number of guanidine groups is 1. The molecular weight excluding hydrogens is 493 g/mol. The van der Waals surface area contributed by atoms with Crippen molar-refractivity contribution in [3.8, 4) is 0 Å². The average molecular weight is 531 g/mol. The Morgan fingerprint density at radius 2 is 1.67 bits per heavy atom. The van der Waals surface area contributed by atoms with E-state index in [2.05, 4.69) is 57.7 Å². The number of nitrogens with zero attached hydrogens (tertiary/aromatic N) is 3. The Morgan fingerprint density at radius 3 is 2.33 bits per heavy atom. The molecule has 3 rings (SSSR count). The van der Waals surface area contributed by atoms with Crippen LogP contribution in [0.4, 0.5) is 0 Å². The number of morpholine rings is 2. The normalized spacial score (nSPS) is 19.7. The van der Waals surface area contributed by atoms with Crippen molar-refractivity contribution in [3.05, 3.63) is 35.9 Å². The Hall–Kier alpha value is -0.940. The second-order valence-corrected chi connectivity index (χ2v) is 7.53. The van der Waals surface area contributed by atoms with Gasteiger partial charge in [-0.25, -0.2) is 0 Å². The van der Waals surface area contributed by atoms with Crippen LogP contribution >= 0.6 is 24.0 Å². The summed E-state index contributed by atoms with van der Waals surface area (Å²) in [6.07, 6.45) is 1.11. The van der Waals surface area contributed by atoms with Gasteiger partial charge in [-0.3, -0.25) is 14.8 Å². The summed E-state index contributed by atoms with van der Waals surface area (Å²) in [6.45, 7) is 13.1. The number of ether oxygens (including phenoxy) is 2. The molecule has 0 radical (unpaired) electrons. The van der Waals surface area contributed by atoms with Crippen LogP contribution in [0.5, 0.6) is 0 Å². The second kappa shape index (κ2) is 15.0. The molecule has 2 N–H and O–H groups in total. The quantitative estimate of drug-likeness (QED) is 0.220. The highest BCUT2D eigenvalue weighted by atomic mass is 127. The van der Waals surface area contributed by atoms with E-state index in [1.807, 2.05) is 0 Å². The van der Waals surface area contributed by atoms with E-state index in [9.17, 15) is 0 Å². The topological polar surface area (TPSA) is 61.4 Å². The minimum absolute atomic E-state index is 0. The molecule has 1 unspecified atom stereocenters. The van der Waals surface area contributed by atoms with Crippen LogP contribution in [-0.2, 0) is 9.47 Å². The maximum absolute atomic E-state index is 5.55. The van der Waals surface area contributed by atoms with Crippen molar-refractivity contribution in [1.82, 2.24) is 20.4 Å². The standard InChI is InChI=1S/C22H37N5O2.HI/c1-2-23-22(24-9-6-10-26-11-15-28-16-12-26)25-19-21(20-7-4-3-5-8-20)27-13-17-29-18-14-27;/h3-5,7-8,21H,2,6,9-19H2,1H3,(H2,23,24,25);1H. The van der Waals surface area contributed by atoms with Crippen molar-refractivity contribution < 1.29 is 9.47 Å². The third-order valence-corrected chi connectivity index (χ3v) is 5.48. The summed E-state index contributed by atoms with van der Waals surface area (Å²) in [6, 6.07) is 11.0. The lowest BCUT2D eigenvalue weighted by atomic mass is 10.1. The fourth-order valence-corrected chi connectivity index (χ4v) is 3.85. The van der Waals surface area contributed by atoms with Crippen molar-refractivity contribution in [2.75, 3.05) is 78.8 Å². The number of hydrogen-bond acceptors (Lipinski definition) is 5. The minimum atomic E-state index is 0. The summed E-state index contributed by atoms with van der Waals surface area (Å²) >= 11 is 0. The molecule has 0 aliphatic carbocycles. The molecule has 0 amide bonds. The zero-order valence-electron chi connectivity index (χ0n) is 18.2. The van der Waals surface area contributed by atoms with E-state index < -0.39 is 0 Å². The Balaban J connectivity index is 0.00000320. The zero-order chi connectivity index (χ0) is 20.2. The van der Waals surface area contributed by atoms with Crippen molar-refractivity contribution in [1.29, 1.82) is 0 Å². The largest absolute Gasteiger partial charge is 0.379 e. The lowest BCUT2D eigenvalue weighted by Gasteiger charge is -2.34. The first kappa shape index (κ1) is 25.3. The molecule has 0 bridgehead atoms. The number of halogens is 1. The van der Waals surface area contributed by atoms with Gasteiger partial charge < -0.3 is 20.1 Å². The Bertz CT molecular complexity index is 592. The molecular formula is C22H38IN5O2. The highest BCUT2D eigenvalue weighted by molar-refractivity contribution is 14.0. The fraction of sp³-hybridized carbons (Fsp3) is 0.682. The molecule has 2 aliphatic heterocycles. The van der Waals surface area contributed by atoms with Gasteiger partial charge in [0, 0.05) is 39.3 Å². The molecule has 2 aliphatic rings. The maximum atomic E-state index is 5.55. The molecule has 1 atom stereocenters. The molecule has 1 aromatic rings. The van der Waals surface area contributed by atoms with Crippen LogP contribution in [0.25, 0.3) is 0 Å². The van der Waals surface area contributed by atoms with Crippen LogP contribution < -0.4 is 10.6 Å². The van der Waals surface area contributed by atoms with Gasteiger partial charge in [0.1, 0.15) is 0 Å². The van der Waals surface area contributed by atoms with Gasteiger partial charge in [-0.15, -0.1) is 24.0 Å². The Morgan fingerprint density at radius 1 is 1.00 bits per heavy atom.